The number of nitrogens with zero attached hydrogens (tertiary/aromatic N) is 4. The summed E-state index contributed by atoms with van der Waals surface area (Å²) in [6.45, 7) is 0.758. The van der Waals surface area contributed by atoms with E-state index in [0.717, 1.165) is 25.6 Å². The van der Waals surface area contributed by atoms with Gasteiger partial charge in [0.05, 0.1) is 4.92 Å². The molecular weight excluding hydrogens is 282 g/mol. The highest BCUT2D eigenvalue weighted by atomic mass is 16.6. The Bertz CT molecular complexity index is 700. The van der Waals surface area contributed by atoms with Crippen molar-refractivity contribution in [1.29, 1.82) is 0 Å². The highest BCUT2D eigenvalue weighted by Crippen LogP contribution is 2.48. The Hall–Kier alpha value is -2.70. The van der Waals surface area contributed by atoms with Crippen LogP contribution in [0.2, 0.25) is 0 Å². The van der Waals surface area contributed by atoms with Crippen molar-refractivity contribution in [1.82, 2.24) is 9.97 Å². The van der Waals surface area contributed by atoms with E-state index in [1.807, 2.05) is 30.1 Å². The molecule has 114 valence electrons. The van der Waals surface area contributed by atoms with Crippen LogP contribution in [0.4, 0.5) is 17.5 Å². The van der Waals surface area contributed by atoms with Gasteiger partial charge >= 0.3 is 5.69 Å². The molecule has 0 bridgehead atoms. The summed E-state index contributed by atoms with van der Waals surface area (Å²) >= 11 is 0. The smallest absolute Gasteiger partial charge is 0.329 e. The molecule has 0 atom stereocenters. The molecule has 0 saturated heterocycles. The number of aromatic nitrogens is 2. The Kier molecular flexibility index (Phi) is 3.40. The zero-order valence-electron chi connectivity index (χ0n) is 12.3. The molecule has 1 saturated carbocycles. The first-order valence-electron chi connectivity index (χ1n) is 7.05. The Morgan fingerprint density at radius 2 is 2.05 bits per heavy atom. The minimum atomic E-state index is -0.578. The quantitative estimate of drug-likeness (QED) is 0.671. The van der Waals surface area contributed by atoms with Gasteiger partial charge in [0.25, 0.3) is 0 Å². The van der Waals surface area contributed by atoms with Crippen LogP contribution < -0.4 is 10.6 Å². The lowest BCUT2D eigenvalue weighted by Gasteiger charge is -2.24. The molecular formula is C15H17N5O2. The Balaban J connectivity index is 1.79. The summed E-state index contributed by atoms with van der Waals surface area (Å²) in [5.74, 6) is 0.303. The number of likely N-dealkylation sites (N-methyl/N-ethyl adjacent to an activating group) is 1. The standard InChI is InChI=1S/C15H17N5O2/c1-19(14-17-9-12(20(21)22)13(16)18-14)10-15(7-8-15)11-5-3-2-4-6-11/h2-6,9H,7-8,10H2,1H3,(H2,16,17,18). The topological polar surface area (TPSA) is 98.2 Å². The van der Waals surface area contributed by atoms with Crippen molar-refractivity contribution in [3.63, 3.8) is 0 Å². The zero-order valence-corrected chi connectivity index (χ0v) is 12.3. The van der Waals surface area contributed by atoms with Crippen LogP contribution in [0.3, 0.4) is 0 Å². The maximum absolute atomic E-state index is 10.8. The first-order valence-corrected chi connectivity index (χ1v) is 7.05. The normalized spacial score (nSPS) is 15.3. The van der Waals surface area contributed by atoms with Crippen molar-refractivity contribution in [3.8, 4) is 0 Å². The molecule has 3 rings (SSSR count). The van der Waals surface area contributed by atoms with Crippen molar-refractivity contribution in [2.75, 3.05) is 24.2 Å². The van der Waals surface area contributed by atoms with E-state index in [0.29, 0.717) is 5.95 Å². The Morgan fingerprint density at radius 3 is 2.59 bits per heavy atom. The van der Waals surface area contributed by atoms with Crippen LogP contribution in [0.5, 0.6) is 0 Å². The second-order valence-electron chi connectivity index (χ2n) is 5.70. The number of nitro groups is 1. The van der Waals surface area contributed by atoms with E-state index >= 15 is 0 Å². The molecule has 0 aliphatic heterocycles. The van der Waals surface area contributed by atoms with Crippen molar-refractivity contribution in [2.45, 2.75) is 18.3 Å². The lowest BCUT2D eigenvalue weighted by Crippen LogP contribution is -2.30. The van der Waals surface area contributed by atoms with Gasteiger partial charge in [-0.15, -0.1) is 0 Å². The lowest BCUT2D eigenvalue weighted by atomic mass is 9.95. The molecule has 7 heteroatoms. The largest absolute Gasteiger partial charge is 0.378 e. The van der Waals surface area contributed by atoms with Gasteiger partial charge in [0, 0.05) is 19.0 Å². The van der Waals surface area contributed by atoms with Crippen LogP contribution in [0.1, 0.15) is 18.4 Å². The fourth-order valence-corrected chi connectivity index (χ4v) is 2.71. The number of hydrogen-bond donors (Lipinski definition) is 1. The van der Waals surface area contributed by atoms with E-state index in [9.17, 15) is 10.1 Å². The van der Waals surface area contributed by atoms with E-state index in [-0.39, 0.29) is 16.9 Å². The first-order chi connectivity index (χ1) is 10.5. The molecule has 0 amide bonds. The van der Waals surface area contributed by atoms with Crippen molar-refractivity contribution in [2.24, 2.45) is 0 Å². The Morgan fingerprint density at radius 1 is 1.36 bits per heavy atom. The van der Waals surface area contributed by atoms with E-state index in [2.05, 4.69) is 22.1 Å². The molecule has 0 unspecified atom stereocenters. The minimum absolute atomic E-state index is 0.105. The summed E-state index contributed by atoms with van der Waals surface area (Å²) in [6, 6.07) is 10.3. The summed E-state index contributed by atoms with van der Waals surface area (Å²) < 4.78 is 0. The predicted molar refractivity (Wildman–Crippen MR) is 83.7 cm³/mol. The van der Waals surface area contributed by atoms with Crippen LogP contribution in [-0.4, -0.2) is 28.5 Å². The maximum Gasteiger partial charge on any atom is 0.329 e. The second kappa shape index (κ2) is 5.25. The molecule has 1 heterocycles. The average Bonchev–Trinajstić information content (AvgIpc) is 3.28. The number of nitrogens with two attached hydrogens (primary N) is 1. The number of anilines is 2. The van der Waals surface area contributed by atoms with Crippen LogP contribution in [-0.2, 0) is 5.41 Å². The molecule has 2 N–H and O–H groups in total. The third-order valence-corrected chi connectivity index (χ3v) is 4.10. The van der Waals surface area contributed by atoms with Gasteiger partial charge in [-0.05, 0) is 18.4 Å². The van der Waals surface area contributed by atoms with Crippen molar-refractivity contribution < 1.29 is 4.92 Å². The van der Waals surface area contributed by atoms with E-state index in [4.69, 9.17) is 5.73 Å². The van der Waals surface area contributed by atoms with Crippen molar-refractivity contribution in [3.05, 3.63) is 52.2 Å². The van der Waals surface area contributed by atoms with Gasteiger partial charge in [-0.1, -0.05) is 30.3 Å². The molecule has 0 spiro atoms. The van der Waals surface area contributed by atoms with Gasteiger partial charge in [0.2, 0.25) is 11.8 Å². The number of hydrogen-bond acceptors (Lipinski definition) is 6. The molecule has 2 aromatic rings. The lowest BCUT2D eigenvalue weighted by molar-refractivity contribution is -0.384. The van der Waals surface area contributed by atoms with E-state index in [1.54, 1.807) is 0 Å². The summed E-state index contributed by atoms with van der Waals surface area (Å²) in [7, 11) is 1.88. The van der Waals surface area contributed by atoms with Gasteiger partial charge < -0.3 is 10.6 Å². The van der Waals surface area contributed by atoms with Crippen LogP contribution >= 0.6 is 0 Å². The van der Waals surface area contributed by atoms with Crippen LogP contribution in [0.25, 0.3) is 0 Å². The molecule has 7 nitrogen and oxygen atoms in total. The summed E-state index contributed by atoms with van der Waals surface area (Å²) in [5.41, 5.74) is 6.79. The van der Waals surface area contributed by atoms with E-state index < -0.39 is 4.92 Å². The fraction of sp³-hybridized carbons (Fsp3) is 0.333. The summed E-state index contributed by atoms with van der Waals surface area (Å²) in [5, 5.41) is 10.8. The number of rotatable bonds is 5. The average molecular weight is 299 g/mol. The fourth-order valence-electron chi connectivity index (χ4n) is 2.71. The van der Waals surface area contributed by atoms with Gasteiger partial charge in [-0.3, -0.25) is 10.1 Å². The second-order valence-corrected chi connectivity index (χ2v) is 5.70. The van der Waals surface area contributed by atoms with Crippen LogP contribution in [0.15, 0.2) is 36.5 Å². The molecule has 1 aliphatic rings. The van der Waals surface area contributed by atoms with Gasteiger partial charge in [-0.25, -0.2) is 4.98 Å². The van der Waals surface area contributed by atoms with E-state index in [1.165, 1.54) is 5.56 Å². The highest BCUT2D eigenvalue weighted by molar-refractivity contribution is 5.54. The molecule has 1 fully saturated rings. The molecule has 1 aliphatic carbocycles. The third-order valence-electron chi connectivity index (χ3n) is 4.10. The maximum atomic E-state index is 10.8. The Labute approximate surface area is 127 Å². The highest BCUT2D eigenvalue weighted by Gasteiger charge is 2.45. The zero-order chi connectivity index (χ0) is 15.7. The van der Waals surface area contributed by atoms with Gasteiger partial charge in [0.1, 0.15) is 6.20 Å². The minimum Gasteiger partial charge on any atom is -0.378 e. The summed E-state index contributed by atoms with van der Waals surface area (Å²) in [4.78, 5) is 20.2. The SMILES string of the molecule is CN(CC1(c2ccccc2)CC1)c1ncc([N+](=O)[O-])c(N)n1. The first kappa shape index (κ1) is 14.2. The molecule has 22 heavy (non-hydrogen) atoms. The third kappa shape index (κ3) is 2.57. The predicted octanol–water partition coefficient (Wildman–Crippen LogP) is 2.13. The number of benzene rings is 1. The molecule has 1 aromatic heterocycles. The monoisotopic (exact) mass is 299 g/mol. The van der Waals surface area contributed by atoms with Gasteiger partial charge in [0.15, 0.2) is 0 Å². The van der Waals surface area contributed by atoms with Crippen LogP contribution in [0, 0.1) is 10.1 Å². The van der Waals surface area contributed by atoms with Crippen molar-refractivity contribution >= 4 is 17.5 Å². The molecule has 1 aromatic carbocycles. The summed E-state index contributed by atoms with van der Waals surface area (Å²) in [6.07, 6.45) is 3.39. The molecule has 0 radical (unpaired) electrons. The van der Waals surface area contributed by atoms with Gasteiger partial charge in [-0.2, -0.15) is 4.98 Å². The number of nitrogen functional groups attached to an aromatic ring is 1.